The number of nitrogens with one attached hydrogen (secondary N) is 2. The highest BCUT2D eigenvalue weighted by molar-refractivity contribution is 7.11. The summed E-state index contributed by atoms with van der Waals surface area (Å²) in [6.07, 6.45) is 5.07. The Morgan fingerprint density at radius 3 is 3.17 bits per heavy atom. The van der Waals surface area contributed by atoms with Gasteiger partial charge in [-0.2, -0.15) is 5.10 Å². The molecule has 1 atom stereocenters. The average molecular weight is 337 g/mol. The third-order valence-corrected chi connectivity index (χ3v) is 5.40. The summed E-state index contributed by atoms with van der Waals surface area (Å²) in [5, 5.41) is 7.19. The molecule has 0 saturated carbocycles. The fraction of sp³-hybridized carbons (Fsp3) is 0.263. The molecule has 1 aromatic carbocycles. The lowest BCUT2D eigenvalue weighted by Gasteiger charge is -2.18. The summed E-state index contributed by atoms with van der Waals surface area (Å²) in [5.74, 6) is 0.521. The molecule has 0 saturated heterocycles. The van der Waals surface area contributed by atoms with Crippen LogP contribution < -0.4 is 5.43 Å². The molecule has 4 rings (SSSR count). The van der Waals surface area contributed by atoms with Gasteiger partial charge in [0, 0.05) is 27.0 Å². The van der Waals surface area contributed by atoms with E-state index in [9.17, 15) is 4.79 Å². The van der Waals surface area contributed by atoms with Crippen LogP contribution in [0.5, 0.6) is 0 Å². The second-order valence-electron chi connectivity index (χ2n) is 6.40. The van der Waals surface area contributed by atoms with Gasteiger partial charge >= 0.3 is 0 Å². The van der Waals surface area contributed by atoms with Gasteiger partial charge in [-0.3, -0.25) is 4.79 Å². The average Bonchev–Trinajstić information content (AvgIpc) is 3.21. The number of benzene rings is 1. The molecular formula is C19H19N3OS. The van der Waals surface area contributed by atoms with E-state index in [0.29, 0.717) is 11.5 Å². The zero-order valence-electron chi connectivity index (χ0n) is 13.5. The molecule has 3 aromatic rings. The van der Waals surface area contributed by atoms with Crippen molar-refractivity contribution >= 4 is 34.4 Å². The number of amides is 1. The molecule has 4 nitrogen and oxygen atoms in total. The second-order valence-corrected chi connectivity index (χ2v) is 7.38. The van der Waals surface area contributed by atoms with Gasteiger partial charge in [0.15, 0.2) is 0 Å². The van der Waals surface area contributed by atoms with Gasteiger partial charge in [-0.15, -0.1) is 11.3 Å². The van der Waals surface area contributed by atoms with Gasteiger partial charge in [-0.05, 0) is 60.4 Å². The molecule has 24 heavy (non-hydrogen) atoms. The number of aromatic nitrogens is 1. The quantitative estimate of drug-likeness (QED) is 0.548. The Balaban J connectivity index is 1.58. The lowest BCUT2D eigenvalue weighted by Crippen LogP contribution is -2.17. The van der Waals surface area contributed by atoms with Gasteiger partial charge in [-0.25, -0.2) is 5.43 Å². The Kier molecular flexibility index (Phi) is 3.94. The van der Waals surface area contributed by atoms with Crippen LogP contribution in [-0.2, 0) is 12.8 Å². The van der Waals surface area contributed by atoms with Crippen LogP contribution in [0.2, 0.25) is 0 Å². The first-order valence-corrected chi connectivity index (χ1v) is 9.09. The number of aryl methyl sites for hydroxylation is 1. The maximum Gasteiger partial charge on any atom is 0.271 e. The molecule has 122 valence electrons. The maximum absolute atomic E-state index is 12.3. The maximum atomic E-state index is 12.3. The molecule has 2 aromatic heterocycles. The van der Waals surface area contributed by atoms with Gasteiger partial charge < -0.3 is 4.98 Å². The fourth-order valence-corrected chi connectivity index (χ4v) is 3.90. The Labute approximate surface area is 144 Å². The van der Waals surface area contributed by atoms with Crippen LogP contribution in [0.25, 0.3) is 10.9 Å². The number of nitrogens with zero attached hydrogens (tertiary/aromatic N) is 1. The molecule has 0 fully saturated rings. The van der Waals surface area contributed by atoms with E-state index >= 15 is 0 Å². The molecule has 0 bridgehead atoms. The summed E-state index contributed by atoms with van der Waals surface area (Å²) in [7, 11) is 0. The number of carbonyl (C=O) groups excluding carboxylic acids is 1. The highest BCUT2D eigenvalue weighted by Gasteiger charge is 2.20. The molecule has 1 aliphatic carbocycles. The number of hydrazone groups is 1. The highest BCUT2D eigenvalue weighted by Crippen LogP contribution is 2.32. The summed E-state index contributed by atoms with van der Waals surface area (Å²) < 4.78 is 0. The molecule has 2 heterocycles. The molecule has 2 N–H and O–H groups in total. The number of fused-ring (bicyclic) bond motifs is 3. The van der Waals surface area contributed by atoms with E-state index in [1.165, 1.54) is 23.1 Å². The van der Waals surface area contributed by atoms with Crippen molar-refractivity contribution < 1.29 is 4.79 Å². The number of H-pyrrole nitrogens is 1. The van der Waals surface area contributed by atoms with Crippen LogP contribution in [0.4, 0.5) is 0 Å². The predicted molar refractivity (Wildman–Crippen MR) is 98.9 cm³/mol. The Bertz CT molecular complexity index is 908. The number of rotatable bonds is 3. The predicted octanol–water partition coefficient (Wildman–Crippen LogP) is 4.12. The zero-order chi connectivity index (χ0) is 16.5. The van der Waals surface area contributed by atoms with Crippen molar-refractivity contribution in [1.29, 1.82) is 0 Å². The monoisotopic (exact) mass is 337 g/mol. The lowest BCUT2D eigenvalue weighted by atomic mass is 9.87. The van der Waals surface area contributed by atoms with E-state index < -0.39 is 0 Å². The van der Waals surface area contributed by atoms with Crippen molar-refractivity contribution in [2.45, 2.75) is 26.2 Å². The molecular weight excluding hydrogens is 318 g/mol. The molecule has 0 aliphatic heterocycles. The van der Waals surface area contributed by atoms with Gasteiger partial charge in [0.2, 0.25) is 0 Å². The molecule has 0 radical (unpaired) electrons. The summed E-state index contributed by atoms with van der Waals surface area (Å²) >= 11 is 1.58. The van der Waals surface area contributed by atoms with E-state index in [0.717, 1.165) is 23.2 Å². The van der Waals surface area contributed by atoms with Crippen LogP contribution in [0.1, 0.15) is 39.8 Å². The number of thiophene rings is 1. The number of hydrogen-bond acceptors (Lipinski definition) is 3. The number of carbonyl (C=O) groups is 1. The van der Waals surface area contributed by atoms with E-state index in [2.05, 4.69) is 22.4 Å². The van der Waals surface area contributed by atoms with E-state index in [1.807, 2.05) is 35.7 Å². The normalized spacial score (nSPS) is 17.3. The van der Waals surface area contributed by atoms with Crippen molar-refractivity contribution in [3.05, 3.63) is 57.4 Å². The third kappa shape index (κ3) is 2.87. The summed E-state index contributed by atoms with van der Waals surface area (Å²) in [6, 6.07) is 9.75. The topological polar surface area (TPSA) is 57.2 Å². The first kappa shape index (κ1) is 15.1. The SMILES string of the molecule is CC1CCc2[nH]c3ccc(C(=O)N/N=C\c4cccs4)cc3c2C1. The molecule has 1 aliphatic rings. The van der Waals surface area contributed by atoms with E-state index in [1.54, 1.807) is 17.6 Å². The Morgan fingerprint density at radius 2 is 2.33 bits per heavy atom. The summed E-state index contributed by atoms with van der Waals surface area (Å²) in [6.45, 7) is 2.29. The van der Waals surface area contributed by atoms with Gasteiger partial charge in [0.1, 0.15) is 0 Å². The largest absolute Gasteiger partial charge is 0.358 e. The number of aromatic amines is 1. The van der Waals surface area contributed by atoms with E-state index in [4.69, 9.17) is 0 Å². The van der Waals surface area contributed by atoms with Crippen molar-refractivity contribution in [1.82, 2.24) is 10.4 Å². The molecule has 1 amide bonds. The minimum Gasteiger partial charge on any atom is -0.358 e. The first-order chi connectivity index (χ1) is 11.7. The third-order valence-electron chi connectivity index (χ3n) is 4.60. The summed E-state index contributed by atoms with van der Waals surface area (Å²) in [5.41, 5.74) is 7.08. The lowest BCUT2D eigenvalue weighted by molar-refractivity contribution is 0.0955. The zero-order valence-corrected chi connectivity index (χ0v) is 14.3. The fourth-order valence-electron chi connectivity index (χ4n) is 3.32. The van der Waals surface area contributed by atoms with Gasteiger partial charge in [0.25, 0.3) is 5.91 Å². The smallest absolute Gasteiger partial charge is 0.271 e. The van der Waals surface area contributed by atoms with Crippen LogP contribution in [0.3, 0.4) is 0 Å². The minimum absolute atomic E-state index is 0.177. The molecule has 0 spiro atoms. The molecule has 5 heteroatoms. The summed E-state index contributed by atoms with van der Waals surface area (Å²) in [4.78, 5) is 16.9. The van der Waals surface area contributed by atoms with Crippen LogP contribution in [-0.4, -0.2) is 17.1 Å². The van der Waals surface area contributed by atoms with Crippen LogP contribution >= 0.6 is 11.3 Å². The van der Waals surface area contributed by atoms with Crippen LogP contribution in [0.15, 0.2) is 40.8 Å². The van der Waals surface area contributed by atoms with Crippen molar-refractivity contribution in [2.75, 3.05) is 0 Å². The molecule has 1 unspecified atom stereocenters. The van der Waals surface area contributed by atoms with Crippen molar-refractivity contribution in [3.63, 3.8) is 0 Å². The standard InChI is InChI=1S/C19H19N3OS/c1-12-4-6-17-15(9-12)16-10-13(5-7-18(16)21-17)19(23)22-20-11-14-3-2-8-24-14/h2-3,5,7-8,10-12,21H,4,6,9H2,1H3,(H,22,23)/b20-11-. The Hall–Kier alpha value is -2.40. The van der Waals surface area contributed by atoms with Crippen molar-refractivity contribution in [3.8, 4) is 0 Å². The second kappa shape index (κ2) is 6.24. The van der Waals surface area contributed by atoms with E-state index in [-0.39, 0.29) is 5.91 Å². The van der Waals surface area contributed by atoms with Gasteiger partial charge in [0.05, 0.1) is 6.21 Å². The van der Waals surface area contributed by atoms with Crippen LogP contribution in [0, 0.1) is 5.92 Å². The van der Waals surface area contributed by atoms with Crippen molar-refractivity contribution in [2.24, 2.45) is 11.0 Å². The highest BCUT2D eigenvalue weighted by atomic mass is 32.1. The van der Waals surface area contributed by atoms with Gasteiger partial charge in [-0.1, -0.05) is 13.0 Å². The number of hydrogen-bond donors (Lipinski definition) is 2. The first-order valence-electron chi connectivity index (χ1n) is 8.21. The Morgan fingerprint density at radius 1 is 1.42 bits per heavy atom. The minimum atomic E-state index is -0.177.